The van der Waals surface area contributed by atoms with Crippen molar-refractivity contribution in [3.63, 3.8) is 0 Å². The van der Waals surface area contributed by atoms with Gasteiger partial charge in [-0.25, -0.2) is 4.98 Å². The average Bonchev–Trinajstić information content (AvgIpc) is 3.55. The largest absolute Gasteiger partial charge is 0.463 e. The number of fused-ring (bicyclic) bond motifs is 2. The standard InChI is InChI=1S/C26H23N3O3S/c30-26(25-18-6-1-3-8-21(18)32-22-9-4-2-7-19(22)25)29-13-11-28(12-14-29)16-24-27-20(17-33-24)23-10-5-15-31-23/h1-10,15,17,25H,11-14,16H2. The van der Waals surface area contributed by atoms with Crippen molar-refractivity contribution in [2.24, 2.45) is 0 Å². The van der Waals surface area contributed by atoms with Gasteiger partial charge in [0.1, 0.15) is 22.2 Å². The van der Waals surface area contributed by atoms with E-state index in [2.05, 4.69) is 4.90 Å². The van der Waals surface area contributed by atoms with E-state index in [1.165, 1.54) is 0 Å². The van der Waals surface area contributed by atoms with Gasteiger partial charge in [0.25, 0.3) is 0 Å². The van der Waals surface area contributed by atoms with Gasteiger partial charge in [0.15, 0.2) is 5.76 Å². The summed E-state index contributed by atoms with van der Waals surface area (Å²) < 4.78 is 11.5. The van der Waals surface area contributed by atoms with E-state index in [0.717, 1.165) is 58.7 Å². The van der Waals surface area contributed by atoms with Crippen LogP contribution in [0.3, 0.4) is 0 Å². The van der Waals surface area contributed by atoms with E-state index in [4.69, 9.17) is 14.1 Å². The number of ether oxygens (including phenoxy) is 1. The quantitative estimate of drug-likeness (QED) is 0.432. The zero-order valence-electron chi connectivity index (χ0n) is 18.0. The van der Waals surface area contributed by atoms with E-state index in [-0.39, 0.29) is 11.8 Å². The average molecular weight is 458 g/mol. The van der Waals surface area contributed by atoms with Crippen molar-refractivity contribution in [3.8, 4) is 23.0 Å². The number of rotatable bonds is 4. The Labute approximate surface area is 196 Å². The lowest BCUT2D eigenvalue weighted by atomic mass is 9.86. The number of amides is 1. The Morgan fingerprint density at radius 2 is 1.64 bits per heavy atom. The Morgan fingerprint density at radius 3 is 2.30 bits per heavy atom. The van der Waals surface area contributed by atoms with Crippen LogP contribution in [0.4, 0.5) is 0 Å². The molecule has 2 aromatic heterocycles. The monoisotopic (exact) mass is 457 g/mol. The number of aromatic nitrogens is 1. The van der Waals surface area contributed by atoms with Gasteiger partial charge < -0.3 is 14.1 Å². The minimum absolute atomic E-state index is 0.146. The molecule has 0 radical (unpaired) electrons. The minimum atomic E-state index is -0.326. The smallest absolute Gasteiger partial charge is 0.234 e. The molecule has 2 aliphatic rings. The number of piperazine rings is 1. The van der Waals surface area contributed by atoms with Gasteiger partial charge in [0, 0.05) is 42.7 Å². The van der Waals surface area contributed by atoms with E-state index in [1.807, 2.05) is 70.9 Å². The minimum Gasteiger partial charge on any atom is -0.463 e. The predicted molar refractivity (Wildman–Crippen MR) is 126 cm³/mol. The van der Waals surface area contributed by atoms with Gasteiger partial charge in [-0.2, -0.15) is 0 Å². The summed E-state index contributed by atoms with van der Waals surface area (Å²) in [5, 5.41) is 3.10. The highest BCUT2D eigenvalue weighted by Crippen LogP contribution is 2.44. The van der Waals surface area contributed by atoms with E-state index in [0.29, 0.717) is 13.1 Å². The zero-order chi connectivity index (χ0) is 22.2. The number of benzene rings is 2. The summed E-state index contributed by atoms with van der Waals surface area (Å²) in [5.41, 5.74) is 2.76. The van der Waals surface area contributed by atoms with Crippen LogP contribution in [-0.4, -0.2) is 46.9 Å². The highest BCUT2D eigenvalue weighted by Gasteiger charge is 2.36. The van der Waals surface area contributed by atoms with Gasteiger partial charge >= 0.3 is 0 Å². The summed E-state index contributed by atoms with van der Waals surface area (Å²) in [6.45, 7) is 3.85. The highest BCUT2D eigenvalue weighted by atomic mass is 32.1. The van der Waals surface area contributed by atoms with Crippen LogP contribution in [0.15, 0.2) is 76.7 Å². The van der Waals surface area contributed by atoms with E-state index in [9.17, 15) is 4.79 Å². The fraction of sp³-hybridized carbons (Fsp3) is 0.231. The molecule has 0 aliphatic carbocycles. The Balaban J connectivity index is 1.15. The lowest BCUT2D eigenvalue weighted by molar-refractivity contribution is -0.133. The second-order valence-corrected chi connectivity index (χ2v) is 9.26. The van der Waals surface area contributed by atoms with Crippen molar-refractivity contribution in [2.75, 3.05) is 26.2 Å². The fourth-order valence-electron chi connectivity index (χ4n) is 4.60. The lowest BCUT2D eigenvalue weighted by Gasteiger charge is -2.37. The maximum atomic E-state index is 13.7. The van der Waals surface area contributed by atoms with Crippen LogP contribution in [0.25, 0.3) is 11.5 Å². The summed E-state index contributed by atoms with van der Waals surface area (Å²) in [4.78, 5) is 22.8. The molecule has 7 heteroatoms. The van der Waals surface area contributed by atoms with Crippen molar-refractivity contribution in [3.05, 3.63) is 88.4 Å². The first-order chi connectivity index (χ1) is 16.3. The molecule has 33 heavy (non-hydrogen) atoms. The first-order valence-corrected chi connectivity index (χ1v) is 12.0. The van der Waals surface area contributed by atoms with E-state index in [1.54, 1.807) is 17.6 Å². The molecule has 0 atom stereocenters. The number of hydrogen-bond acceptors (Lipinski definition) is 6. The van der Waals surface area contributed by atoms with Crippen molar-refractivity contribution >= 4 is 17.2 Å². The highest BCUT2D eigenvalue weighted by molar-refractivity contribution is 7.09. The van der Waals surface area contributed by atoms with Crippen molar-refractivity contribution < 1.29 is 13.9 Å². The molecular formula is C26H23N3O3S. The van der Waals surface area contributed by atoms with Crippen LogP contribution in [0, 0.1) is 0 Å². The van der Waals surface area contributed by atoms with Gasteiger partial charge in [-0.05, 0) is 24.3 Å². The normalized spacial score (nSPS) is 16.2. The molecule has 0 bridgehead atoms. The van der Waals surface area contributed by atoms with Gasteiger partial charge in [0.05, 0.1) is 18.7 Å². The number of para-hydroxylation sites is 2. The van der Waals surface area contributed by atoms with Crippen molar-refractivity contribution in [1.82, 2.24) is 14.8 Å². The molecule has 2 aromatic carbocycles. The summed E-state index contributed by atoms with van der Waals surface area (Å²) in [6, 6.07) is 19.5. The molecular weight excluding hydrogens is 434 g/mol. The summed E-state index contributed by atoms with van der Waals surface area (Å²) >= 11 is 1.65. The summed E-state index contributed by atoms with van der Waals surface area (Å²) in [5.74, 6) is 2.15. The number of hydrogen-bond donors (Lipinski definition) is 0. The molecule has 2 aliphatic heterocycles. The number of carbonyl (C=O) groups is 1. The molecule has 1 fully saturated rings. The molecule has 4 heterocycles. The third-order valence-electron chi connectivity index (χ3n) is 6.30. The van der Waals surface area contributed by atoms with Crippen LogP contribution in [0.2, 0.25) is 0 Å². The van der Waals surface area contributed by atoms with Crippen LogP contribution in [-0.2, 0) is 11.3 Å². The number of thiazole rings is 1. The van der Waals surface area contributed by atoms with E-state index < -0.39 is 0 Å². The lowest BCUT2D eigenvalue weighted by Crippen LogP contribution is -2.49. The van der Waals surface area contributed by atoms with Crippen LogP contribution in [0.1, 0.15) is 22.1 Å². The topological polar surface area (TPSA) is 58.8 Å². The number of furan rings is 1. The van der Waals surface area contributed by atoms with Crippen molar-refractivity contribution in [2.45, 2.75) is 12.5 Å². The van der Waals surface area contributed by atoms with Crippen molar-refractivity contribution in [1.29, 1.82) is 0 Å². The Morgan fingerprint density at radius 1 is 0.939 bits per heavy atom. The van der Waals surface area contributed by atoms with Gasteiger partial charge in [0.2, 0.25) is 5.91 Å². The Hall–Kier alpha value is -3.42. The summed E-state index contributed by atoms with van der Waals surface area (Å²) in [7, 11) is 0. The second-order valence-electron chi connectivity index (χ2n) is 8.32. The number of carbonyl (C=O) groups excluding carboxylic acids is 1. The molecule has 0 saturated carbocycles. The predicted octanol–water partition coefficient (Wildman–Crippen LogP) is 4.99. The Bertz CT molecular complexity index is 1230. The Kier molecular flexibility index (Phi) is 5.20. The van der Waals surface area contributed by atoms with Gasteiger partial charge in [-0.1, -0.05) is 36.4 Å². The van der Waals surface area contributed by atoms with Crippen LogP contribution >= 0.6 is 11.3 Å². The van der Waals surface area contributed by atoms with Crippen LogP contribution in [0.5, 0.6) is 11.5 Å². The first-order valence-electron chi connectivity index (χ1n) is 11.1. The van der Waals surface area contributed by atoms with Gasteiger partial charge in [-0.15, -0.1) is 11.3 Å². The first kappa shape index (κ1) is 20.2. The molecule has 1 saturated heterocycles. The van der Waals surface area contributed by atoms with E-state index >= 15 is 0 Å². The summed E-state index contributed by atoms with van der Waals surface area (Å²) in [6.07, 6.45) is 1.67. The molecule has 6 nitrogen and oxygen atoms in total. The fourth-order valence-corrected chi connectivity index (χ4v) is 5.42. The molecule has 1 amide bonds. The molecule has 0 spiro atoms. The molecule has 6 rings (SSSR count). The second kappa shape index (κ2) is 8.50. The third kappa shape index (κ3) is 3.83. The van der Waals surface area contributed by atoms with Crippen LogP contribution < -0.4 is 4.74 Å². The molecule has 0 N–H and O–H groups in total. The maximum Gasteiger partial charge on any atom is 0.234 e. The SMILES string of the molecule is O=C(C1c2ccccc2Oc2ccccc21)N1CCN(Cc2nc(-c3ccco3)cs2)CC1. The molecule has 0 unspecified atom stereocenters. The van der Waals surface area contributed by atoms with Gasteiger partial charge in [-0.3, -0.25) is 9.69 Å². The number of nitrogens with zero attached hydrogens (tertiary/aromatic N) is 3. The molecule has 166 valence electrons. The maximum absolute atomic E-state index is 13.7. The zero-order valence-corrected chi connectivity index (χ0v) is 18.8. The molecule has 4 aromatic rings. The third-order valence-corrected chi connectivity index (χ3v) is 7.13.